The van der Waals surface area contributed by atoms with Gasteiger partial charge in [0.25, 0.3) is 0 Å². The van der Waals surface area contributed by atoms with Crippen LogP contribution in [0.1, 0.15) is 61.4 Å². The topological polar surface area (TPSA) is 111 Å². The molecule has 0 atom stereocenters. The van der Waals surface area contributed by atoms with Crippen molar-refractivity contribution >= 4 is 23.3 Å². The molecule has 0 heterocycles. The zero-order valence-corrected chi connectivity index (χ0v) is 27.2. The highest BCUT2D eigenvalue weighted by Gasteiger charge is 2.30. The van der Waals surface area contributed by atoms with Gasteiger partial charge in [-0.3, -0.25) is 4.79 Å². The van der Waals surface area contributed by atoms with Crippen LogP contribution in [-0.2, 0) is 44.1 Å². The molecule has 0 aliphatic carbocycles. The van der Waals surface area contributed by atoms with Crippen LogP contribution in [0.15, 0.2) is 48.5 Å². The van der Waals surface area contributed by atoms with Crippen LogP contribution in [0.3, 0.4) is 0 Å². The number of carbonyl (C=O) groups is 2. The molecular formula is C34H48F3NO9. The van der Waals surface area contributed by atoms with Crippen molar-refractivity contribution in [3.8, 4) is 0 Å². The number of esters is 2. The van der Waals surface area contributed by atoms with Gasteiger partial charge >= 0.3 is 18.1 Å². The van der Waals surface area contributed by atoms with Gasteiger partial charge in [0.1, 0.15) is 13.2 Å². The van der Waals surface area contributed by atoms with E-state index < -0.39 is 17.7 Å². The van der Waals surface area contributed by atoms with Crippen molar-refractivity contribution in [3.63, 3.8) is 0 Å². The fourth-order valence-electron chi connectivity index (χ4n) is 4.11. The number of unbranched alkanes of at least 4 members (excludes halogenated alkanes) is 4. The predicted molar refractivity (Wildman–Crippen MR) is 170 cm³/mol. The lowest BCUT2D eigenvalue weighted by Gasteiger charge is -2.13. The van der Waals surface area contributed by atoms with Crippen molar-refractivity contribution in [1.82, 2.24) is 0 Å². The van der Waals surface area contributed by atoms with Gasteiger partial charge < -0.3 is 38.5 Å². The molecule has 0 aliphatic rings. The van der Waals surface area contributed by atoms with Crippen LogP contribution in [0.4, 0.5) is 24.5 Å². The van der Waals surface area contributed by atoms with Gasteiger partial charge in [-0.15, -0.1) is 0 Å². The summed E-state index contributed by atoms with van der Waals surface area (Å²) in [6.45, 7) is 5.98. The molecule has 0 saturated carbocycles. The summed E-state index contributed by atoms with van der Waals surface area (Å²) in [5, 5.41) is 2.85. The quantitative estimate of drug-likeness (QED) is 0.0825. The Morgan fingerprint density at radius 1 is 0.638 bits per heavy atom. The van der Waals surface area contributed by atoms with Crippen LogP contribution < -0.4 is 5.32 Å². The molecule has 2 aromatic carbocycles. The Labute approximate surface area is 275 Å². The first kappa shape index (κ1) is 39.9. The number of para-hydroxylation sites is 1. The first-order chi connectivity index (χ1) is 22.8. The molecule has 2 aromatic rings. The smallest absolute Gasteiger partial charge is 0.416 e. The van der Waals surface area contributed by atoms with Gasteiger partial charge in [-0.25, -0.2) is 4.79 Å². The van der Waals surface area contributed by atoms with Gasteiger partial charge in [0.2, 0.25) is 0 Å². The maximum absolute atomic E-state index is 13.0. The molecule has 0 unspecified atom stereocenters. The maximum atomic E-state index is 13.0. The molecular weight excluding hydrogens is 623 g/mol. The third kappa shape index (κ3) is 19.3. The van der Waals surface area contributed by atoms with E-state index in [2.05, 4.69) is 12.2 Å². The summed E-state index contributed by atoms with van der Waals surface area (Å²) >= 11 is 0. The van der Waals surface area contributed by atoms with E-state index in [4.69, 9.17) is 33.2 Å². The highest BCUT2D eigenvalue weighted by atomic mass is 19.4. The molecule has 1 N–H and O–H groups in total. The molecule has 0 amide bonds. The Kier molecular flexibility index (Phi) is 21.1. The fourth-order valence-corrected chi connectivity index (χ4v) is 4.11. The van der Waals surface area contributed by atoms with Crippen molar-refractivity contribution in [2.75, 3.05) is 84.6 Å². The minimum atomic E-state index is -4.48. The van der Waals surface area contributed by atoms with E-state index in [1.54, 1.807) is 18.2 Å². The Bertz CT molecular complexity index is 1130. The van der Waals surface area contributed by atoms with Gasteiger partial charge in [-0.1, -0.05) is 50.8 Å². The molecule has 10 nitrogen and oxygen atoms in total. The van der Waals surface area contributed by atoms with E-state index in [-0.39, 0.29) is 37.0 Å². The Hall–Kier alpha value is -3.23. The maximum Gasteiger partial charge on any atom is 0.416 e. The van der Waals surface area contributed by atoms with Crippen LogP contribution in [0.2, 0.25) is 0 Å². The SMILES string of the molecule is CCCCCCCC(=O)OCCOCCOCCOCCOCCOCCOC(=O)c1ccccc1Nc1cccc(C(F)(F)F)c1. The normalized spacial score (nSPS) is 11.4. The summed E-state index contributed by atoms with van der Waals surface area (Å²) in [4.78, 5) is 24.2. The number of carbonyl (C=O) groups excluding carboxylic acids is 2. The zero-order chi connectivity index (χ0) is 34.0. The summed E-state index contributed by atoms with van der Waals surface area (Å²) in [5.74, 6) is -0.806. The highest BCUT2D eigenvalue weighted by Crippen LogP contribution is 2.32. The highest BCUT2D eigenvalue weighted by molar-refractivity contribution is 5.96. The summed E-state index contributed by atoms with van der Waals surface area (Å²) in [7, 11) is 0. The van der Waals surface area contributed by atoms with E-state index in [0.717, 1.165) is 31.4 Å². The lowest BCUT2D eigenvalue weighted by Crippen LogP contribution is -2.16. The van der Waals surface area contributed by atoms with Gasteiger partial charge in [0, 0.05) is 12.1 Å². The van der Waals surface area contributed by atoms with Crippen molar-refractivity contribution in [1.29, 1.82) is 0 Å². The fraction of sp³-hybridized carbons (Fsp3) is 0.588. The first-order valence-corrected chi connectivity index (χ1v) is 16.1. The number of benzene rings is 2. The van der Waals surface area contributed by atoms with Crippen molar-refractivity contribution < 1.29 is 55.9 Å². The van der Waals surface area contributed by atoms with Crippen molar-refractivity contribution in [3.05, 3.63) is 59.7 Å². The average Bonchev–Trinajstić information content (AvgIpc) is 3.05. The number of anilines is 2. The molecule has 0 saturated heterocycles. The van der Waals surface area contributed by atoms with Crippen LogP contribution in [-0.4, -0.2) is 91.2 Å². The monoisotopic (exact) mass is 671 g/mol. The van der Waals surface area contributed by atoms with E-state index in [0.29, 0.717) is 71.6 Å². The molecule has 264 valence electrons. The molecule has 0 fully saturated rings. The van der Waals surface area contributed by atoms with Crippen LogP contribution >= 0.6 is 0 Å². The number of ether oxygens (including phenoxy) is 7. The van der Waals surface area contributed by atoms with Gasteiger partial charge in [0.05, 0.1) is 82.9 Å². The lowest BCUT2D eigenvalue weighted by atomic mass is 10.1. The summed E-state index contributed by atoms with van der Waals surface area (Å²) in [6.07, 6.45) is 1.46. The van der Waals surface area contributed by atoms with E-state index >= 15 is 0 Å². The second-order valence-corrected chi connectivity index (χ2v) is 10.3. The minimum absolute atomic E-state index is 0.00240. The number of hydrogen-bond donors (Lipinski definition) is 1. The number of nitrogens with one attached hydrogen (secondary N) is 1. The first-order valence-electron chi connectivity index (χ1n) is 16.1. The summed E-state index contributed by atoms with van der Waals surface area (Å²) in [6, 6.07) is 11.1. The van der Waals surface area contributed by atoms with Crippen LogP contribution in [0.25, 0.3) is 0 Å². The Morgan fingerprint density at radius 2 is 1.17 bits per heavy atom. The molecule has 0 aliphatic heterocycles. The number of halogens is 3. The van der Waals surface area contributed by atoms with Gasteiger partial charge in [0.15, 0.2) is 0 Å². The van der Waals surface area contributed by atoms with Gasteiger partial charge in [-0.05, 0) is 36.8 Å². The Balaban J connectivity index is 1.39. The molecule has 0 spiro atoms. The molecule has 0 radical (unpaired) electrons. The van der Waals surface area contributed by atoms with E-state index in [1.807, 2.05) is 0 Å². The Morgan fingerprint density at radius 3 is 1.74 bits per heavy atom. The van der Waals surface area contributed by atoms with Gasteiger partial charge in [-0.2, -0.15) is 13.2 Å². The molecule has 47 heavy (non-hydrogen) atoms. The van der Waals surface area contributed by atoms with Crippen molar-refractivity contribution in [2.24, 2.45) is 0 Å². The summed E-state index contributed by atoms with van der Waals surface area (Å²) in [5.41, 5.74) is -0.0926. The van der Waals surface area contributed by atoms with E-state index in [1.165, 1.54) is 31.0 Å². The van der Waals surface area contributed by atoms with Crippen molar-refractivity contribution in [2.45, 2.75) is 51.6 Å². The average molecular weight is 672 g/mol. The number of alkyl halides is 3. The number of hydrogen-bond acceptors (Lipinski definition) is 10. The largest absolute Gasteiger partial charge is 0.463 e. The van der Waals surface area contributed by atoms with E-state index in [9.17, 15) is 22.8 Å². The molecule has 13 heteroatoms. The van der Waals surface area contributed by atoms with Crippen LogP contribution in [0.5, 0.6) is 0 Å². The lowest BCUT2D eigenvalue weighted by molar-refractivity contribution is -0.145. The second-order valence-electron chi connectivity index (χ2n) is 10.3. The third-order valence-electron chi connectivity index (χ3n) is 6.54. The second kappa shape index (κ2) is 24.9. The molecule has 2 rings (SSSR count). The number of rotatable bonds is 27. The van der Waals surface area contributed by atoms with Crippen LogP contribution in [0, 0.1) is 0 Å². The third-order valence-corrected chi connectivity index (χ3v) is 6.54. The molecule has 0 aromatic heterocycles. The minimum Gasteiger partial charge on any atom is -0.463 e. The predicted octanol–water partition coefficient (Wildman–Crippen LogP) is 6.59. The molecule has 0 bridgehead atoms. The zero-order valence-electron chi connectivity index (χ0n) is 27.2. The summed E-state index contributed by atoms with van der Waals surface area (Å²) < 4.78 is 76.6. The standard InChI is InChI=1S/C34H48F3NO9/c1-2-3-4-5-6-14-32(39)46-25-23-44-21-19-42-17-15-41-16-18-43-20-22-45-24-26-47-33(40)30-12-7-8-13-31(30)38-29-11-9-10-28(27-29)34(35,36)37/h7-13,27,38H,2-6,14-26H2,1H3.